The van der Waals surface area contributed by atoms with Gasteiger partial charge >= 0.3 is 0 Å². The van der Waals surface area contributed by atoms with Crippen molar-refractivity contribution in [1.29, 1.82) is 0 Å². The third kappa shape index (κ3) is 9.67. The fraction of sp³-hybridized carbons (Fsp3) is 1.00. The third-order valence-electron chi connectivity index (χ3n) is 8.32. The van der Waals surface area contributed by atoms with Gasteiger partial charge in [0.25, 0.3) is 0 Å². The molecule has 2 saturated carbocycles. The van der Waals surface area contributed by atoms with Crippen molar-refractivity contribution in [2.75, 3.05) is 0 Å². The molecule has 0 aromatic heterocycles. The van der Waals surface area contributed by atoms with Crippen molar-refractivity contribution >= 4 is 0 Å². The molecule has 0 N–H and O–H groups in total. The second-order valence-corrected chi connectivity index (χ2v) is 10.6. The smallest absolute Gasteiger partial charge is 0.0357 e. The van der Waals surface area contributed by atoms with Gasteiger partial charge in [-0.3, -0.25) is 0 Å². The largest absolute Gasteiger partial charge is 0.0654 e. The highest BCUT2D eigenvalue weighted by molar-refractivity contribution is 4.82. The van der Waals surface area contributed by atoms with Crippen LogP contribution in [0.15, 0.2) is 0 Å². The summed E-state index contributed by atoms with van der Waals surface area (Å²) in [6.07, 6.45) is 33.3. The summed E-state index contributed by atoms with van der Waals surface area (Å²) in [7, 11) is 0. The quantitative estimate of drug-likeness (QED) is 0.423. The third-order valence-corrected chi connectivity index (χ3v) is 8.32. The molecule has 0 bridgehead atoms. The van der Waals surface area contributed by atoms with Crippen molar-refractivity contribution in [3.05, 3.63) is 0 Å². The summed E-state index contributed by atoms with van der Waals surface area (Å²) in [5.74, 6) is 4.26. The highest BCUT2D eigenvalue weighted by atomic mass is 14.4. The van der Waals surface area contributed by atoms with Crippen molar-refractivity contribution in [2.45, 2.75) is 155 Å². The Kier molecular flexibility index (Phi) is 13.7. The van der Waals surface area contributed by atoms with Crippen LogP contribution < -0.4 is 0 Å². The topological polar surface area (TPSA) is 0 Å². The van der Waals surface area contributed by atoms with Crippen LogP contribution >= 0.6 is 0 Å². The first kappa shape index (κ1) is 24.3. The molecule has 0 aliphatic heterocycles. The lowest BCUT2D eigenvalue weighted by Gasteiger charge is -2.38. The Bertz CT molecular complexity index is 346. The zero-order valence-corrected chi connectivity index (χ0v) is 19.9. The second-order valence-electron chi connectivity index (χ2n) is 10.6. The summed E-state index contributed by atoms with van der Waals surface area (Å²) < 4.78 is 0. The number of hydrogen-bond donors (Lipinski definition) is 0. The van der Waals surface area contributed by atoms with Crippen molar-refractivity contribution in [1.82, 2.24) is 0 Å². The number of rotatable bonds is 6. The lowest BCUT2D eigenvalue weighted by atomic mass is 9.68. The maximum atomic E-state index is 2.40. The lowest BCUT2D eigenvalue weighted by molar-refractivity contribution is 0.130. The Morgan fingerprint density at radius 1 is 0.500 bits per heavy atom. The average molecular weight is 391 g/mol. The highest BCUT2D eigenvalue weighted by Gasteiger charge is 2.30. The zero-order valence-electron chi connectivity index (χ0n) is 19.9. The predicted octanol–water partition coefficient (Wildman–Crippen LogP) is 10.1. The molecule has 0 heteroatoms. The van der Waals surface area contributed by atoms with Gasteiger partial charge in [0.1, 0.15) is 0 Å². The molecule has 4 atom stereocenters. The molecule has 2 fully saturated rings. The van der Waals surface area contributed by atoms with Crippen LogP contribution in [0.25, 0.3) is 0 Å². The van der Waals surface area contributed by atoms with Crippen LogP contribution in [0, 0.1) is 23.7 Å². The Balaban J connectivity index is 1.93. The molecule has 0 nitrogen and oxygen atoms in total. The highest BCUT2D eigenvalue weighted by Crippen LogP contribution is 2.42. The minimum Gasteiger partial charge on any atom is -0.0654 e. The van der Waals surface area contributed by atoms with E-state index >= 15 is 0 Å². The van der Waals surface area contributed by atoms with Gasteiger partial charge < -0.3 is 0 Å². The number of unbranched alkanes of at least 4 members (excludes halogenated alkanes) is 1. The van der Waals surface area contributed by atoms with E-state index in [2.05, 4.69) is 13.8 Å². The summed E-state index contributed by atoms with van der Waals surface area (Å²) in [6, 6.07) is 0. The molecule has 0 aromatic carbocycles. The first-order chi connectivity index (χ1) is 13.8. The van der Waals surface area contributed by atoms with Gasteiger partial charge in [-0.1, -0.05) is 149 Å². The van der Waals surface area contributed by atoms with Gasteiger partial charge in [-0.2, -0.15) is 0 Å². The Morgan fingerprint density at radius 3 is 1.79 bits per heavy atom. The van der Waals surface area contributed by atoms with E-state index in [-0.39, 0.29) is 0 Å². The van der Waals surface area contributed by atoms with E-state index in [1.165, 1.54) is 116 Å². The summed E-state index contributed by atoms with van der Waals surface area (Å²) in [5.41, 5.74) is 0. The van der Waals surface area contributed by atoms with Crippen molar-refractivity contribution in [3.63, 3.8) is 0 Å². The summed E-state index contributed by atoms with van der Waals surface area (Å²) in [4.78, 5) is 0. The molecule has 2 aliphatic rings. The molecule has 0 aromatic rings. The molecular weight excluding hydrogens is 336 g/mol. The van der Waals surface area contributed by atoms with Crippen LogP contribution in [0.1, 0.15) is 155 Å². The van der Waals surface area contributed by atoms with Crippen LogP contribution in [-0.2, 0) is 0 Å². The van der Waals surface area contributed by atoms with Gasteiger partial charge in [-0.25, -0.2) is 0 Å². The summed E-state index contributed by atoms with van der Waals surface area (Å²) >= 11 is 0. The van der Waals surface area contributed by atoms with E-state index < -0.39 is 0 Å². The van der Waals surface area contributed by atoms with E-state index in [0.29, 0.717) is 0 Å². The van der Waals surface area contributed by atoms with Gasteiger partial charge in [0.2, 0.25) is 0 Å². The van der Waals surface area contributed by atoms with Crippen molar-refractivity contribution in [2.24, 2.45) is 23.7 Å². The van der Waals surface area contributed by atoms with Gasteiger partial charge in [0.05, 0.1) is 0 Å². The molecule has 0 spiro atoms. The Hall–Kier alpha value is 0. The predicted molar refractivity (Wildman–Crippen MR) is 127 cm³/mol. The Labute approximate surface area is 179 Å². The molecule has 0 heterocycles. The van der Waals surface area contributed by atoms with Crippen LogP contribution in [0.5, 0.6) is 0 Å². The number of hydrogen-bond acceptors (Lipinski definition) is 0. The molecule has 0 saturated heterocycles. The van der Waals surface area contributed by atoms with Crippen molar-refractivity contribution in [3.8, 4) is 0 Å². The van der Waals surface area contributed by atoms with Crippen LogP contribution in [-0.4, -0.2) is 0 Å². The fourth-order valence-corrected chi connectivity index (χ4v) is 6.66. The maximum absolute atomic E-state index is 2.40. The summed E-state index contributed by atoms with van der Waals surface area (Å²) in [6.45, 7) is 4.79. The minimum atomic E-state index is 1.04. The maximum Gasteiger partial charge on any atom is -0.0357 e. The van der Waals surface area contributed by atoms with Gasteiger partial charge in [-0.05, 0) is 30.1 Å². The average Bonchev–Trinajstić information content (AvgIpc) is 2.72. The SMILES string of the molecule is CCCCC1CCCCC1C1CCCCCCCCCCC(CCC)CCC1. The normalized spacial score (nSPS) is 32.4. The van der Waals surface area contributed by atoms with E-state index in [4.69, 9.17) is 0 Å². The van der Waals surface area contributed by atoms with E-state index in [0.717, 1.165) is 23.7 Å². The Morgan fingerprint density at radius 2 is 1.07 bits per heavy atom. The zero-order chi connectivity index (χ0) is 19.9. The molecule has 28 heavy (non-hydrogen) atoms. The molecule has 4 unspecified atom stereocenters. The second kappa shape index (κ2) is 15.8. The molecule has 0 radical (unpaired) electrons. The first-order valence-corrected chi connectivity index (χ1v) is 13.8. The minimum absolute atomic E-state index is 1.04. The van der Waals surface area contributed by atoms with Crippen LogP contribution in [0.2, 0.25) is 0 Å². The molecule has 2 rings (SSSR count). The first-order valence-electron chi connectivity index (χ1n) is 13.8. The van der Waals surface area contributed by atoms with Gasteiger partial charge in [0, 0.05) is 0 Å². The lowest BCUT2D eigenvalue weighted by Crippen LogP contribution is -2.27. The van der Waals surface area contributed by atoms with Gasteiger partial charge in [0.15, 0.2) is 0 Å². The fourth-order valence-electron chi connectivity index (χ4n) is 6.66. The molecular formula is C28H54. The standard InChI is InChI=1S/C28H54/c1-3-5-20-26-22-14-15-24-28(26)27-21-13-11-9-7-6-8-10-12-18-25(17-4-2)19-16-23-27/h25-28H,3-24H2,1-2H3. The van der Waals surface area contributed by atoms with E-state index in [9.17, 15) is 0 Å². The van der Waals surface area contributed by atoms with Crippen LogP contribution in [0.4, 0.5) is 0 Å². The van der Waals surface area contributed by atoms with Crippen LogP contribution in [0.3, 0.4) is 0 Å². The van der Waals surface area contributed by atoms with Crippen molar-refractivity contribution < 1.29 is 0 Å². The van der Waals surface area contributed by atoms with Gasteiger partial charge in [-0.15, -0.1) is 0 Å². The molecule has 0 amide bonds. The summed E-state index contributed by atoms with van der Waals surface area (Å²) in [5, 5.41) is 0. The molecule has 2 aliphatic carbocycles. The monoisotopic (exact) mass is 390 g/mol. The molecule has 166 valence electrons. The van der Waals surface area contributed by atoms with E-state index in [1.807, 2.05) is 0 Å². The van der Waals surface area contributed by atoms with E-state index in [1.54, 1.807) is 25.7 Å².